The van der Waals surface area contributed by atoms with Crippen LogP contribution in [0, 0.1) is 0 Å². The van der Waals surface area contributed by atoms with Gasteiger partial charge in [0.25, 0.3) is 0 Å². The molecule has 0 saturated carbocycles. The lowest BCUT2D eigenvalue weighted by molar-refractivity contribution is 0.271. The van der Waals surface area contributed by atoms with Crippen molar-refractivity contribution >= 4 is 22.9 Å². The van der Waals surface area contributed by atoms with Gasteiger partial charge in [-0.2, -0.15) is 0 Å². The van der Waals surface area contributed by atoms with E-state index in [1.807, 2.05) is 12.3 Å². The van der Waals surface area contributed by atoms with Crippen LogP contribution in [-0.2, 0) is 0 Å². The number of nitrogens with two attached hydrogens (primary N) is 1. The number of likely N-dealkylation sites (N-methyl/N-ethyl adjacent to an activating group) is 1. The summed E-state index contributed by atoms with van der Waals surface area (Å²) in [6.45, 7) is 7.50. The van der Waals surface area contributed by atoms with Gasteiger partial charge in [-0.15, -0.1) is 0 Å². The molecule has 17 heavy (non-hydrogen) atoms. The zero-order valence-electron chi connectivity index (χ0n) is 10.1. The molecule has 0 bridgehead atoms. The van der Waals surface area contributed by atoms with Gasteiger partial charge in [-0.1, -0.05) is 19.1 Å². The van der Waals surface area contributed by atoms with Crippen LogP contribution in [0.25, 0.3) is 0 Å². The van der Waals surface area contributed by atoms with E-state index >= 15 is 0 Å². The quantitative estimate of drug-likeness (QED) is 0.806. The Hall–Kier alpha value is -1.20. The summed E-state index contributed by atoms with van der Waals surface area (Å²) < 4.78 is 0. The highest BCUT2D eigenvalue weighted by Gasteiger charge is 2.18. The lowest BCUT2D eigenvalue weighted by Crippen LogP contribution is -2.46. The van der Waals surface area contributed by atoms with Crippen LogP contribution in [0.2, 0.25) is 0 Å². The van der Waals surface area contributed by atoms with Crippen LogP contribution in [-0.4, -0.2) is 47.6 Å². The van der Waals surface area contributed by atoms with Crippen LogP contribution < -0.4 is 10.6 Å². The van der Waals surface area contributed by atoms with Crippen molar-refractivity contribution in [3.8, 4) is 0 Å². The average molecular weight is 250 g/mol. The van der Waals surface area contributed by atoms with Gasteiger partial charge in [-0.05, 0) is 12.6 Å². The maximum atomic E-state index is 5.74. The van der Waals surface area contributed by atoms with Gasteiger partial charge < -0.3 is 15.5 Å². The van der Waals surface area contributed by atoms with Crippen LogP contribution >= 0.6 is 12.2 Å². The molecule has 0 unspecified atom stereocenters. The van der Waals surface area contributed by atoms with Crippen molar-refractivity contribution in [2.45, 2.75) is 6.92 Å². The molecule has 0 radical (unpaired) electrons. The number of hydrogen-bond donors (Lipinski definition) is 1. The van der Waals surface area contributed by atoms with Crippen molar-refractivity contribution in [3.05, 3.63) is 24.0 Å². The first-order chi connectivity index (χ1) is 8.22. The van der Waals surface area contributed by atoms with E-state index in [0.29, 0.717) is 4.99 Å². The van der Waals surface area contributed by atoms with Crippen LogP contribution in [0.4, 0.5) is 5.69 Å². The second kappa shape index (κ2) is 5.42. The summed E-state index contributed by atoms with van der Waals surface area (Å²) in [5.74, 6) is 0. The van der Waals surface area contributed by atoms with E-state index in [2.05, 4.69) is 21.7 Å². The first-order valence-corrected chi connectivity index (χ1v) is 6.34. The van der Waals surface area contributed by atoms with Crippen LogP contribution in [0.15, 0.2) is 18.5 Å². The van der Waals surface area contributed by atoms with E-state index in [4.69, 9.17) is 18.0 Å². The molecule has 1 saturated heterocycles. The monoisotopic (exact) mass is 250 g/mol. The normalized spacial score (nSPS) is 17.1. The Kier molecular flexibility index (Phi) is 3.91. The second-order valence-corrected chi connectivity index (χ2v) is 4.62. The minimum atomic E-state index is 0.445. The highest BCUT2D eigenvalue weighted by molar-refractivity contribution is 7.80. The summed E-state index contributed by atoms with van der Waals surface area (Å²) in [6, 6.07) is 1.89. The number of thiocarbonyl (C=S) groups is 1. The van der Waals surface area contributed by atoms with Crippen LogP contribution in [0.5, 0.6) is 0 Å². The first kappa shape index (κ1) is 12.3. The molecule has 92 valence electrons. The minimum Gasteiger partial charge on any atom is -0.389 e. The molecule has 0 aliphatic carbocycles. The van der Waals surface area contributed by atoms with E-state index in [1.165, 1.54) is 0 Å². The lowest BCUT2D eigenvalue weighted by Gasteiger charge is -2.36. The molecule has 4 nitrogen and oxygen atoms in total. The number of nitrogens with zero attached hydrogens (tertiary/aromatic N) is 3. The largest absolute Gasteiger partial charge is 0.389 e. The smallest absolute Gasteiger partial charge is 0.106 e. The summed E-state index contributed by atoms with van der Waals surface area (Å²) in [4.78, 5) is 9.37. The molecule has 2 rings (SSSR count). The van der Waals surface area contributed by atoms with Crippen molar-refractivity contribution in [2.24, 2.45) is 5.73 Å². The fourth-order valence-electron chi connectivity index (χ4n) is 2.15. The lowest BCUT2D eigenvalue weighted by atomic mass is 10.2. The van der Waals surface area contributed by atoms with Crippen molar-refractivity contribution in [1.29, 1.82) is 0 Å². The van der Waals surface area contributed by atoms with Gasteiger partial charge in [-0.3, -0.25) is 4.98 Å². The number of piperazine rings is 1. The summed E-state index contributed by atoms with van der Waals surface area (Å²) >= 11 is 5.08. The predicted octanol–water partition coefficient (Wildman–Crippen LogP) is 0.858. The third kappa shape index (κ3) is 2.73. The Morgan fingerprint density at radius 1 is 1.41 bits per heavy atom. The molecule has 1 aromatic rings. The maximum Gasteiger partial charge on any atom is 0.106 e. The number of pyridine rings is 1. The van der Waals surface area contributed by atoms with Gasteiger partial charge in [-0.25, -0.2) is 0 Å². The topological polar surface area (TPSA) is 45.4 Å². The van der Waals surface area contributed by atoms with Crippen LogP contribution in [0.1, 0.15) is 12.5 Å². The molecular weight excluding hydrogens is 232 g/mol. The Morgan fingerprint density at radius 3 is 2.71 bits per heavy atom. The zero-order valence-corrected chi connectivity index (χ0v) is 10.9. The zero-order chi connectivity index (χ0) is 12.3. The van der Waals surface area contributed by atoms with Gasteiger partial charge in [0.1, 0.15) is 4.99 Å². The molecule has 1 fully saturated rings. The van der Waals surface area contributed by atoms with E-state index in [-0.39, 0.29) is 0 Å². The first-order valence-electron chi connectivity index (χ1n) is 5.93. The predicted molar refractivity (Wildman–Crippen MR) is 74.5 cm³/mol. The number of anilines is 1. The van der Waals surface area contributed by atoms with E-state index < -0.39 is 0 Å². The van der Waals surface area contributed by atoms with Crippen LogP contribution in [0.3, 0.4) is 0 Å². The summed E-state index contributed by atoms with van der Waals surface area (Å²) in [5, 5.41) is 0. The molecule has 1 aliphatic heterocycles. The molecule has 5 heteroatoms. The minimum absolute atomic E-state index is 0.445. The van der Waals surface area contributed by atoms with Crippen molar-refractivity contribution in [2.75, 3.05) is 37.6 Å². The summed E-state index contributed by atoms with van der Waals surface area (Å²) in [6.07, 6.45) is 3.59. The standard InChI is InChI=1S/C12H18N4S/c1-2-15-5-7-16(8-6-15)11-9-14-4-3-10(11)12(13)17/h3-4,9H,2,5-8H2,1H3,(H2,13,17). The molecule has 1 aromatic heterocycles. The number of hydrogen-bond acceptors (Lipinski definition) is 4. The van der Waals surface area contributed by atoms with Gasteiger partial charge in [0.2, 0.25) is 0 Å². The third-order valence-electron chi connectivity index (χ3n) is 3.23. The van der Waals surface area contributed by atoms with Gasteiger partial charge in [0, 0.05) is 37.9 Å². The second-order valence-electron chi connectivity index (χ2n) is 4.18. The van der Waals surface area contributed by atoms with E-state index in [9.17, 15) is 0 Å². The molecule has 0 atom stereocenters. The Bertz CT molecular complexity index is 399. The average Bonchev–Trinajstić information content (AvgIpc) is 2.39. The SMILES string of the molecule is CCN1CCN(c2cnccc2C(N)=S)CC1. The number of aromatic nitrogens is 1. The highest BCUT2D eigenvalue weighted by atomic mass is 32.1. The Balaban J connectivity index is 2.15. The Morgan fingerprint density at radius 2 is 2.12 bits per heavy atom. The molecule has 1 aliphatic rings. The van der Waals surface area contributed by atoms with E-state index in [0.717, 1.165) is 44.0 Å². The van der Waals surface area contributed by atoms with Crippen molar-refractivity contribution in [3.63, 3.8) is 0 Å². The number of rotatable bonds is 3. The Labute approximate surface area is 107 Å². The molecule has 0 amide bonds. The third-order valence-corrected chi connectivity index (χ3v) is 3.45. The molecule has 2 heterocycles. The maximum absolute atomic E-state index is 5.74. The molecule has 0 aromatic carbocycles. The molecule has 2 N–H and O–H groups in total. The summed E-state index contributed by atoms with van der Waals surface area (Å²) in [5.41, 5.74) is 7.74. The fraction of sp³-hybridized carbons (Fsp3) is 0.500. The fourth-order valence-corrected chi connectivity index (χ4v) is 2.32. The molecule has 0 spiro atoms. The van der Waals surface area contributed by atoms with Gasteiger partial charge in [0.15, 0.2) is 0 Å². The molecular formula is C12H18N4S. The van der Waals surface area contributed by atoms with E-state index in [1.54, 1.807) is 6.20 Å². The van der Waals surface area contributed by atoms with Crippen molar-refractivity contribution < 1.29 is 0 Å². The highest BCUT2D eigenvalue weighted by Crippen LogP contribution is 2.20. The van der Waals surface area contributed by atoms with Gasteiger partial charge >= 0.3 is 0 Å². The summed E-state index contributed by atoms with van der Waals surface area (Å²) in [7, 11) is 0. The van der Waals surface area contributed by atoms with Gasteiger partial charge in [0.05, 0.1) is 11.9 Å². The van der Waals surface area contributed by atoms with Crippen molar-refractivity contribution in [1.82, 2.24) is 9.88 Å².